The third kappa shape index (κ3) is 7.89. The van der Waals surface area contributed by atoms with E-state index >= 15 is 0 Å². The molecule has 1 saturated carbocycles. The second-order valence-electron chi connectivity index (χ2n) is 10.3. The Labute approximate surface area is 255 Å². The van der Waals surface area contributed by atoms with Crippen molar-refractivity contribution in [2.24, 2.45) is 0 Å². The summed E-state index contributed by atoms with van der Waals surface area (Å²) in [6.45, 7) is 1.13. The zero-order valence-electron chi connectivity index (χ0n) is 23.6. The topological polar surface area (TPSA) is 96.0 Å². The largest absolute Gasteiger partial charge is 0.497 e. The van der Waals surface area contributed by atoms with Gasteiger partial charge in [0.25, 0.3) is 10.0 Å². The zero-order valence-corrected chi connectivity index (χ0v) is 26.0. The lowest BCUT2D eigenvalue weighted by molar-refractivity contribution is -0.139. The summed E-state index contributed by atoms with van der Waals surface area (Å²) in [5.74, 6) is -0.952. The molecule has 42 heavy (non-hydrogen) atoms. The van der Waals surface area contributed by atoms with Gasteiger partial charge in [-0.05, 0) is 86.0 Å². The average Bonchev–Trinajstić information content (AvgIpc) is 2.99. The van der Waals surface area contributed by atoms with Crippen molar-refractivity contribution in [3.05, 3.63) is 88.6 Å². The third-order valence-corrected chi connectivity index (χ3v) is 9.68. The van der Waals surface area contributed by atoms with Crippen LogP contribution in [0.1, 0.15) is 44.6 Å². The highest BCUT2D eigenvalue weighted by molar-refractivity contribution is 9.10. The number of hydrogen-bond donors (Lipinski definition) is 1. The van der Waals surface area contributed by atoms with Crippen molar-refractivity contribution in [3.63, 3.8) is 0 Å². The summed E-state index contributed by atoms with van der Waals surface area (Å²) in [5, 5.41) is 3.08. The minimum absolute atomic E-state index is 0.0442. The van der Waals surface area contributed by atoms with Crippen molar-refractivity contribution in [3.8, 4) is 5.75 Å². The summed E-state index contributed by atoms with van der Waals surface area (Å²) < 4.78 is 48.5. The van der Waals surface area contributed by atoms with Crippen molar-refractivity contribution in [2.45, 2.75) is 62.6 Å². The maximum absolute atomic E-state index is 14.0. The van der Waals surface area contributed by atoms with E-state index in [9.17, 15) is 22.4 Å². The van der Waals surface area contributed by atoms with Crippen molar-refractivity contribution < 1.29 is 27.1 Å². The molecule has 1 atom stereocenters. The van der Waals surface area contributed by atoms with Gasteiger partial charge in [0.1, 0.15) is 24.2 Å². The van der Waals surface area contributed by atoms with Gasteiger partial charge < -0.3 is 15.0 Å². The monoisotopic (exact) mass is 659 g/mol. The molecule has 1 aliphatic rings. The van der Waals surface area contributed by atoms with E-state index in [0.717, 1.165) is 58.6 Å². The number of amides is 2. The maximum atomic E-state index is 14.0. The lowest BCUT2D eigenvalue weighted by Gasteiger charge is -2.33. The Hall–Kier alpha value is -3.44. The van der Waals surface area contributed by atoms with Crippen LogP contribution in [-0.4, -0.2) is 50.9 Å². The zero-order chi connectivity index (χ0) is 30.3. The van der Waals surface area contributed by atoms with Gasteiger partial charge >= 0.3 is 0 Å². The van der Waals surface area contributed by atoms with Crippen LogP contribution in [0.25, 0.3) is 0 Å². The van der Waals surface area contributed by atoms with E-state index in [4.69, 9.17) is 4.74 Å². The van der Waals surface area contributed by atoms with Crippen molar-refractivity contribution in [1.82, 2.24) is 10.2 Å². The van der Waals surface area contributed by atoms with Crippen molar-refractivity contribution >= 4 is 43.5 Å². The fourth-order valence-corrected chi connectivity index (χ4v) is 6.86. The maximum Gasteiger partial charge on any atom is 0.264 e. The first-order valence-corrected chi connectivity index (χ1v) is 16.1. The molecule has 0 spiro atoms. The van der Waals surface area contributed by atoms with Gasteiger partial charge in [-0.3, -0.25) is 13.9 Å². The Balaban J connectivity index is 1.67. The third-order valence-electron chi connectivity index (χ3n) is 7.40. The number of carbonyl (C=O) groups is 2. The predicted octanol–water partition coefficient (Wildman–Crippen LogP) is 5.66. The Morgan fingerprint density at radius 3 is 2.31 bits per heavy atom. The molecule has 0 radical (unpaired) electrons. The van der Waals surface area contributed by atoms with E-state index in [1.807, 2.05) is 24.3 Å². The molecule has 0 heterocycles. The molecule has 3 aromatic carbocycles. The number of hydrogen-bond acceptors (Lipinski definition) is 5. The van der Waals surface area contributed by atoms with Crippen molar-refractivity contribution in [1.29, 1.82) is 0 Å². The minimum Gasteiger partial charge on any atom is -0.497 e. The van der Waals surface area contributed by atoms with Crippen LogP contribution in [0, 0.1) is 5.82 Å². The molecule has 1 aliphatic carbocycles. The lowest BCUT2D eigenvalue weighted by atomic mass is 9.95. The van der Waals surface area contributed by atoms with Gasteiger partial charge in [0.15, 0.2) is 0 Å². The van der Waals surface area contributed by atoms with E-state index in [2.05, 4.69) is 21.2 Å². The molecule has 1 N–H and O–H groups in total. The van der Waals surface area contributed by atoms with Crippen LogP contribution >= 0.6 is 15.9 Å². The second-order valence-corrected chi connectivity index (χ2v) is 13.1. The number of nitrogens with one attached hydrogen (secondary N) is 1. The number of ether oxygens (including phenoxy) is 1. The normalized spacial score (nSPS) is 14.6. The minimum atomic E-state index is -4.27. The van der Waals surface area contributed by atoms with Gasteiger partial charge in [0.05, 0.1) is 17.7 Å². The first-order chi connectivity index (χ1) is 20.1. The number of methoxy groups -OCH3 is 1. The van der Waals surface area contributed by atoms with Crippen molar-refractivity contribution in [2.75, 3.05) is 18.0 Å². The van der Waals surface area contributed by atoms with Crippen LogP contribution in [0.5, 0.6) is 5.75 Å². The standard InChI is InChI=1S/C31H35BrFN3O5S/c1-22(31(38)34-26-9-4-3-5-10-26)35(20-23-7-6-8-24(32)19-23)30(37)21-36(27-13-11-25(33)12-14-27)42(39,40)29-17-15-28(41-2)16-18-29/h6-8,11-19,22,26H,3-5,9-10,20-21H2,1-2H3,(H,34,38). The average molecular weight is 661 g/mol. The van der Waals surface area contributed by atoms with Crippen LogP contribution < -0.4 is 14.4 Å². The van der Waals surface area contributed by atoms with Crippen LogP contribution in [0.4, 0.5) is 10.1 Å². The first kappa shape index (κ1) is 31.5. The summed E-state index contributed by atoms with van der Waals surface area (Å²) in [6, 6.07) is 17.2. The van der Waals surface area contributed by atoms with E-state index in [1.165, 1.54) is 48.4 Å². The predicted molar refractivity (Wildman–Crippen MR) is 163 cm³/mol. The molecule has 0 saturated heterocycles. The highest BCUT2D eigenvalue weighted by atomic mass is 79.9. The smallest absolute Gasteiger partial charge is 0.264 e. The number of sulfonamides is 1. The summed E-state index contributed by atoms with van der Waals surface area (Å²) in [6.07, 6.45) is 4.98. The van der Waals surface area contributed by atoms with Gasteiger partial charge in [0.2, 0.25) is 11.8 Å². The Bertz CT molecular complexity index is 1480. The molecule has 4 rings (SSSR count). The number of nitrogens with zero attached hydrogens (tertiary/aromatic N) is 2. The Kier molecular flexibility index (Phi) is 10.6. The molecule has 3 aromatic rings. The van der Waals surface area contributed by atoms with E-state index in [1.54, 1.807) is 6.92 Å². The quantitative estimate of drug-likeness (QED) is 0.287. The number of benzene rings is 3. The van der Waals surface area contributed by atoms with E-state index in [0.29, 0.717) is 5.75 Å². The van der Waals surface area contributed by atoms with E-state index in [-0.39, 0.29) is 29.1 Å². The SMILES string of the molecule is COc1ccc(S(=O)(=O)N(CC(=O)N(Cc2cccc(Br)c2)C(C)C(=O)NC2CCCCC2)c2ccc(F)cc2)cc1. The number of halogens is 2. The van der Waals surface area contributed by atoms with Crippen LogP contribution in [-0.2, 0) is 26.2 Å². The summed E-state index contributed by atoms with van der Waals surface area (Å²) >= 11 is 3.45. The molecule has 0 aromatic heterocycles. The van der Waals surface area contributed by atoms with Gasteiger partial charge in [-0.25, -0.2) is 12.8 Å². The van der Waals surface area contributed by atoms with Gasteiger partial charge in [-0.15, -0.1) is 0 Å². The van der Waals surface area contributed by atoms with Gasteiger partial charge in [-0.2, -0.15) is 0 Å². The Morgan fingerprint density at radius 2 is 1.69 bits per heavy atom. The molecule has 0 aliphatic heterocycles. The molecular weight excluding hydrogens is 625 g/mol. The van der Waals surface area contributed by atoms with Gasteiger partial charge in [0, 0.05) is 17.1 Å². The molecule has 224 valence electrons. The van der Waals surface area contributed by atoms with Gasteiger partial charge in [-0.1, -0.05) is 47.3 Å². The van der Waals surface area contributed by atoms with Crippen LogP contribution in [0.15, 0.2) is 82.2 Å². The molecule has 2 amide bonds. The van der Waals surface area contributed by atoms with Crippen LogP contribution in [0.3, 0.4) is 0 Å². The molecule has 8 nitrogen and oxygen atoms in total. The highest BCUT2D eigenvalue weighted by Gasteiger charge is 2.33. The summed E-state index contributed by atoms with van der Waals surface area (Å²) in [5.41, 5.74) is 0.878. The fraction of sp³-hybridized carbons (Fsp3) is 0.355. The number of anilines is 1. The Morgan fingerprint density at radius 1 is 1.02 bits per heavy atom. The lowest BCUT2D eigenvalue weighted by Crippen LogP contribution is -2.53. The molecular formula is C31H35BrFN3O5S. The molecule has 0 bridgehead atoms. The summed E-state index contributed by atoms with van der Waals surface area (Å²) in [4.78, 5) is 28.7. The number of rotatable bonds is 11. The van der Waals surface area contributed by atoms with Crippen LogP contribution in [0.2, 0.25) is 0 Å². The summed E-state index contributed by atoms with van der Waals surface area (Å²) in [7, 11) is -2.80. The fourth-order valence-electron chi connectivity index (χ4n) is 4.99. The first-order valence-electron chi connectivity index (χ1n) is 13.8. The van der Waals surface area contributed by atoms with E-state index < -0.39 is 34.3 Å². The molecule has 1 unspecified atom stereocenters. The second kappa shape index (κ2) is 14.2. The highest BCUT2D eigenvalue weighted by Crippen LogP contribution is 2.27. The molecule has 11 heteroatoms. The molecule has 1 fully saturated rings. The number of carbonyl (C=O) groups excluding carboxylic acids is 2.